The molecule has 2 amide bonds. The molecule has 1 unspecified atom stereocenters. The molecule has 1 aliphatic heterocycles. The van der Waals surface area contributed by atoms with Gasteiger partial charge < -0.3 is 10.3 Å². The predicted octanol–water partition coefficient (Wildman–Crippen LogP) is -1.04. The normalized spacial score (nSPS) is 20.7. The van der Waals surface area contributed by atoms with Crippen LogP contribution in [0.3, 0.4) is 0 Å². The second-order valence-corrected chi connectivity index (χ2v) is 3.41. The average molecular weight is 208 g/mol. The zero-order chi connectivity index (χ0) is 10.7. The summed E-state index contributed by atoms with van der Waals surface area (Å²) in [5.74, 6) is 0.419. The summed E-state index contributed by atoms with van der Waals surface area (Å²) in [5, 5.41) is 5.25. The molecule has 2 heterocycles. The Morgan fingerprint density at radius 1 is 1.53 bits per heavy atom. The molecule has 0 aromatic carbocycles. The quantitative estimate of drug-likeness (QED) is 0.551. The van der Waals surface area contributed by atoms with Crippen molar-refractivity contribution >= 4 is 11.8 Å². The maximum atomic E-state index is 11.2. The standard InChI is InChI=1S/C9H12N4O2/c14-8-5-6(9(15)13-8)10-2-1-7-11-3-4-12-7/h3-4,6,10H,1-2,5H2,(H,11,12)(H,13,14,15). The summed E-state index contributed by atoms with van der Waals surface area (Å²) in [7, 11) is 0. The van der Waals surface area contributed by atoms with Gasteiger partial charge in [-0.3, -0.25) is 14.9 Å². The third-order valence-corrected chi connectivity index (χ3v) is 2.28. The Hall–Kier alpha value is -1.69. The molecular weight excluding hydrogens is 196 g/mol. The largest absolute Gasteiger partial charge is 0.349 e. The van der Waals surface area contributed by atoms with Crippen LogP contribution in [-0.2, 0) is 16.0 Å². The van der Waals surface area contributed by atoms with Gasteiger partial charge >= 0.3 is 0 Å². The van der Waals surface area contributed by atoms with Gasteiger partial charge in [0.15, 0.2) is 0 Å². The van der Waals surface area contributed by atoms with E-state index < -0.39 is 0 Å². The fourth-order valence-electron chi connectivity index (χ4n) is 1.52. The number of carbonyl (C=O) groups is 2. The lowest BCUT2D eigenvalue weighted by atomic mass is 10.2. The number of hydrogen-bond acceptors (Lipinski definition) is 4. The Balaban J connectivity index is 1.74. The fourth-order valence-corrected chi connectivity index (χ4v) is 1.52. The van der Waals surface area contributed by atoms with Gasteiger partial charge in [-0.1, -0.05) is 0 Å². The number of aromatic nitrogens is 2. The van der Waals surface area contributed by atoms with E-state index in [2.05, 4.69) is 20.6 Å². The van der Waals surface area contributed by atoms with Gasteiger partial charge in [0.1, 0.15) is 5.82 Å². The van der Waals surface area contributed by atoms with E-state index in [0.717, 1.165) is 5.82 Å². The van der Waals surface area contributed by atoms with Crippen LogP contribution in [0.2, 0.25) is 0 Å². The minimum absolute atomic E-state index is 0.213. The molecule has 80 valence electrons. The molecule has 1 saturated heterocycles. The highest BCUT2D eigenvalue weighted by Crippen LogP contribution is 2.00. The molecule has 0 aliphatic carbocycles. The Labute approximate surface area is 86.5 Å². The van der Waals surface area contributed by atoms with Crippen molar-refractivity contribution in [3.63, 3.8) is 0 Å². The first kappa shape index (κ1) is 9.85. The number of rotatable bonds is 4. The number of aromatic amines is 1. The average Bonchev–Trinajstić information content (AvgIpc) is 2.77. The highest BCUT2D eigenvalue weighted by Gasteiger charge is 2.29. The topological polar surface area (TPSA) is 86.9 Å². The van der Waals surface area contributed by atoms with Gasteiger partial charge in [-0.15, -0.1) is 0 Å². The lowest BCUT2D eigenvalue weighted by Gasteiger charge is -2.07. The number of imidazole rings is 1. The van der Waals surface area contributed by atoms with Crippen LogP contribution in [0.4, 0.5) is 0 Å². The van der Waals surface area contributed by atoms with Gasteiger partial charge in [0.25, 0.3) is 0 Å². The molecular formula is C9H12N4O2. The third-order valence-electron chi connectivity index (χ3n) is 2.28. The molecule has 15 heavy (non-hydrogen) atoms. The summed E-state index contributed by atoms with van der Waals surface area (Å²) in [6.07, 6.45) is 4.38. The minimum atomic E-state index is -0.382. The monoisotopic (exact) mass is 208 g/mol. The molecule has 1 fully saturated rings. The van der Waals surface area contributed by atoms with Gasteiger partial charge in [-0.2, -0.15) is 0 Å². The van der Waals surface area contributed by atoms with E-state index in [9.17, 15) is 9.59 Å². The van der Waals surface area contributed by atoms with Crippen molar-refractivity contribution in [2.24, 2.45) is 0 Å². The van der Waals surface area contributed by atoms with Gasteiger partial charge in [-0.25, -0.2) is 4.98 Å². The van der Waals surface area contributed by atoms with Crippen LogP contribution in [-0.4, -0.2) is 34.4 Å². The SMILES string of the molecule is O=C1CC(NCCc2ncc[nH]2)C(=O)N1. The smallest absolute Gasteiger partial charge is 0.244 e. The first-order chi connectivity index (χ1) is 7.25. The van der Waals surface area contributed by atoms with E-state index in [1.807, 2.05) is 0 Å². The van der Waals surface area contributed by atoms with Crippen LogP contribution in [0.1, 0.15) is 12.2 Å². The Kier molecular flexibility index (Phi) is 2.77. The molecule has 2 rings (SSSR count). The number of nitrogens with zero attached hydrogens (tertiary/aromatic N) is 1. The van der Waals surface area contributed by atoms with Gasteiger partial charge in [0.2, 0.25) is 11.8 Å². The van der Waals surface area contributed by atoms with Crippen LogP contribution < -0.4 is 10.6 Å². The third kappa shape index (κ3) is 2.41. The zero-order valence-corrected chi connectivity index (χ0v) is 8.12. The maximum absolute atomic E-state index is 11.2. The molecule has 1 aromatic rings. The van der Waals surface area contributed by atoms with Crippen LogP contribution in [0, 0.1) is 0 Å². The lowest BCUT2D eigenvalue weighted by Crippen LogP contribution is -2.37. The van der Waals surface area contributed by atoms with E-state index in [0.29, 0.717) is 13.0 Å². The van der Waals surface area contributed by atoms with E-state index in [4.69, 9.17) is 0 Å². The van der Waals surface area contributed by atoms with Crippen molar-refractivity contribution in [1.29, 1.82) is 0 Å². The molecule has 1 aliphatic rings. The van der Waals surface area contributed by atoms with E-state index in [-0.39, 0.29) is 24.3 Å². The van der Waals surface area contributed by atoms with Crippen LogP contribution in [0.15, 0.2) is 12.4 Å². The van der Waals surface area contributed by atoms with Gasteiger partial charge in [0, 0.05) is 25.4 Å². The summed E-state index contributed by atoms with van der Waals surface area (Å²) in [4.78, 5) is 29.0. The molecule has 0 saturated carbocycles. The molecule has 3 N–H and O–H groups in total. The molecule has 6 heteroatoms. The summed E-state index contributed by atoms with van der Waals surface area (Å²) in [6, 6.07) is -0.382. The summed E-state index contributed by atoms with van der Waals surface area (Å²) < 4.78 is 0. The Morgan fingerprint density at radius 3 is 3.00 bits per heavy atom. The zero-order valence-electron chi connectivity index (χ0n) is 8.12. The number of hydrogen-bond donors (Lipinski definition) is 3. The highest BCUT2D eigenvalue weighted by molar-refractivity contribution is 6.05. The van der Waals surface area contributed by atoms with Gasteiger partial charge in [-0.05, 0) is 0 Å². The van der Waals surface area contributed by atoms with Crippen molar-refractivity contribution in [3.05, 3.63) is 18.2 Å². The number of amides is 2. The van der Waals surface area contributed by atoms with Gasteiger partial charge in [0.05, 0.1) is 12.5 Å². The van der Waals surface area contributed by atoms with Crippen molar-refractivity contribution in [2.45, 2.75) is 18.9 Å². The fraction of sp³-hybridized carbons (Fsp3) is 0.444. The van der Waals surface area contributed by atoms with Crippen molar-refractivity contribution in [3.8, 4) is 0 Å². The molecule has 0 radical (unpaired) electrons. The number of H-pyrrole nitrogens is 1. The first-order valence-corrected chi connectivity index (χ1v) is 4.81. The molecule has 1 aromatic heterocycles. The molecule has 0 spiro atoms. The van der Waals surface area contributed by atoms with E-state index >= 15 is 0 Å². The maximum Gasteiger partial charge on any atom is 0.244 e. The predicted molar refractivity (Wildman–Crippen MR) is 51.8 cm³/mol. The summed E-state index contributed by atoms with van der Waals surface area (Å²) >= 11 is 0. The summed E-state index contributed by atoms with van der Waals surface area (Å²) in [6.45, 7) is 0.624. The Morgan fingerprint density at radius 2 is 2.40 bits per heavy atom. The number of carbonyl (C=O) groups excluding carboxylic acids is 2. The molecule has 0 bridgehead atoms. The molecule has 1 atom stereocenters. The van der Waals surface area contributed by atoms with Crippen LogP contribution >= 0.6 is 0 Å². The highest BCUT2D eigenvalue weighted by atomic mass is 16.2. The van der Waals surface area contributed by atoms with E-state index in [1.54, 1.807) is 12.4 Å². The summed E-state index contributed by atoms with van der Waals surface area (Å²) in [5.41, 5.74) is 0. The first-order valence-electron chi connectivity index (χ1n) is 4.81. The van der Waals surface area contributed by atoms with Crippen LogP contribution in [0.5, 0.6) is 0 Å². The van der Waals surface area contributed by atoms with Crippen molar-refractivity contribution < 1.29 is 9.59 Å². The second kappa shape index (κ2) is 4.22. The lowest BCUT2D eigenvalue weighted by molar-refractivity contribution is -0.125. The Bertz CT molecular complexity index is 360. The minimum Gasteiger partial charge on any atom is -0.349 e. The van der Waals surface area contributed by atoms with E-state index in [1.165, 1.54) is 0 Å². The second-order valence-electron chi connectivity index (χ2n) is 3.41. The number of imide groups is 1. The van der Waals surface area contributed by atoms with Crippen molar-refractivity contribution in [1.82, 2.24) is 20.6 Å². The van der Waals surface area contributed by atoms with Crippen LogP contribution in [0.25, 0.3) is 0 Å². The number of nitrogens with one attached hydrogen (secondary N) is 3. The van der Waals surface area contributed by atoms with Crippen molar-refractivity contribution in [2.75, 3.05) is 6.54 Å². The molecule has 6 nitrogen and oxygen atoms in total.